The van der Waals surface area contributed by atoms with E-state index in [9.17, 15) is 0 Å². The lowest BCUT2D eigenvalue weighted by Crippen LogP contribution is -2.49. The molecule has 0 aliphatic carbocycles. The van der Waals surface area contributed by atoms with Gasteiger partial charge < -0.3 is 24.3 Å². The van der Waals surface area contributed by atoms with Crippen LogP contribution in [0.25, 0.3) is 11.1 Å². The third-order valence-electron chi connectivity index (χ3n) is 4.92. The second-order valence-corrected chi connectivity index (χ2v) is 6.44. The van der Waals surface area contributed by atoms with Gasteiger partial charge in [-0.3, -0.25) is 0 Å². The third kappa shape index (κ3) is 2.32. The summed E-state index contributed by atoms with van der Waals surface area (Å²) in [5.41, 5.74) is 3.32. The normalized spacial score (nSPS) is 20.5. The van der Waals surface area contributed by atoms with Gasteiger partial charge in [-0.2, -0.15) is 0 Å². The van der Waals surface area contributed by atoms with Gasteiger partial charge >= 0.3 is 0 Å². The first-order valence-electron chi connectivity index (χ1n) is 8.38. The molecule has 0 radical (unpaired) electrons. The van der Waals surface area contributed by atoms with Crippen LogP contribution in [0.4, 0.5) is 0 Å². The van der Waals surface area contributed by atoms with Crippen molar-refractivity contribution in [2.75, 3.05) is 19.9 Å². The molecule has 3 aliphatic heterocycles. The van der Waals surface area contributed by atoms with Crippen LogP contribution < -0.4 is 19.5 Å². The first kappa shape index (κ1) is 14.1. The van der Waals surface area contributed by atoms with E-state index in [0.29, 0.717) is 13.4 Å². The number of nitrogens with one attached hydrogen (secondary N) is 1. The first-order valence-corrected chi connectivity index (χ1v) is 8.38. The summed E-state index contributed by atoms with van der Waals surface area (Å²) >= 11 is 0. The molecule has 5 nitrogen and oxygen atoms in total. The second kappa shape index (κ2) is 5.40. The fourth-order valence-corrected chi connectivity index (χ4v) is 3.54. The highest BCUT2D eigenvalue weighted by atomic mass is 16.7. The van der Waals surface area contributed by atoms with Crippen LogP contribution in [0.1, 0.15) is 18.4 Å². The van der Waals surface area contributed by atoms with Gasteiger partial charge in [0, 0.05) is 31.5 Å². The molecule has 3 heterocycles. The molecule has 0 atom stereocenters. The molecule has 0 saturated carbocycles. The molecule has 124 valence electrons. The number of hydrogen-bond donors (Lipinski definition) is 1. The average Bonchev–Trinajstić information content (AvgIpc) is 3.10. The van der Waals surface area contributed by atoms with E-state index in [2.05, 4.69) is 23.5 Å². The minimum atomic E-state index is -0.446. The molecule has 1 saturated heterocycles. The third-order valence-corrected chi connectivity index (χ3v) is 4.92. The van der Waals surface area contributed by atoms with Crippen molar-refractivity contribution in [3.63, 3.8) is 0 Å². The van der Waals surface area contributed by atoms with Crippen molar-refractivity contribution in [3.8, 4) is 28.4 Å². The van der Waals surface area contributed by atoms with Gasteiger partial charge in [-0.15, -0.1) is 0 Å². The molecular formula is C19H19NO4. The van der Waals surface area contributed by atoms with Gasteiger partial charge in [-0.05, 0) is 35.4 Å². The minimum Gasteiger partial charge on any atom is -0.462 e. The van der Waals surface area contributed by atoms with E-state index in [1.54, 1.807) is 0 Å². The van der Waals surface area contributed by atoms with Gasteiger partial charge in [0.2, 0.25) is 12.6 Å². The van der Waals surface area contributed by atoms with Crippen LogP contribution in [-0.4, -0.2) is 25.7 Å². The Morgan fingerprint density at radius 1 is 0.833 bits per heavy atom. The van der Waals surface area contributed by atoms with E-state index in [1.165, 1.54) is 0 Å². The Hall–Kier alpha value is -2.24. The number of rotatable bonds is 1. The summed E-state index contributed by atoms with van der Waals surface area (Å²) in [5, 5.41) is 3.35. The van der Waals surface area contributed by atoms with E-state index in [4.69, 9.17) is 18.9 Å². The highest BCUT2D eigenvalue weighted by Gasteiger charge is 2.38. The van der Waals surface area contributed by atoms with Gasteiger partial charge in [-0.25, -0.2) is 0 Å². The van der Waals surface area contributed by atoms with Gasteiger partial charge in [0.05, 0.1) is 6.61 Å². The van der Waals surface area contributed by atoms with Crippen LogP contribution in [0.15, 0.2) is 36.4 Å². The smallest absolute Gasteiger partial charge is 0.231 e. The topological polar surface area (TPSA) is 49.0 Å². The summed E-state index contributed by atoms with van der Waals surface area (Å²) in [6, 6.07) is 12.3. The Morgan fingerprint density at radius 2 is 1.58 bits per heavy atom. The maximum atomic E-state index is 6.22. The standard InChI is InChI=1S/C19H19NO4/c1-3-16-15(11-23-19(24-16)5-7-20-8-6-19)9-13(1)14-2-4-17-18(10-14)22-12-21-17/h1-4,9-10,20H,5-8,11-12H2. The fraction of sp³-hybridized carbons (Fsp3) is 0.368. The molecule has 1 N–H and O–H groups in total. The zero-order valence-corrected chi connectivity index (χ0v) is 13.3. The van der Waals surface area contributed by atoms with Crippen LogP contribution >= 0.6 is 0 Å². The number of fused-ring (bicyclic) bond motifs is 2. The molecule has 0 aromatic heterocycles. The SMILES string of the molecule is c1cc2c(cc1-c1ccc3c(c1)OCO3)COC1(CCNCC1)O2. The van der Waals surface area contributed by atoms with Crippen molar-refractivity contribution < 1.29 is 18.9 Å². The van der Waals surface area contributed by atoms with Crippen molar-refractivity contribution >= 4 is 0 Å². The molecule has 0 unspecified atom stereocenters. The summed E-state index contributed by atoms with van der Waals surface area (Å²) in [6.45, 7) is 2.75. The molecule has 2 aromatic rings. The number of ether oxygens (including phenoxy) is 4. The monoisotopic (exact) mass is 325 g/mol. The van der Waals surface area contributed by atoms with Crippen LogP contribution in [0.3, 0.4) is 0 Å². The molecule has 1 fully saturated rings. The average molecular weight is 325 g/mol. The number of piperidine rings is 1. The van der Waals surface area contributed by atoms with Crippen molar-refractivity contribution in [2.45, 2.75) is 25.2 Å². The van der Waals surface area contributed by atoms with Gasteiger partial charge in [0.25, 0.3) is 0 Å². The number of hydrogen-bond acceptors (Lipinski definition) is 5. The Kier molecular flexibility index (Phi) is 3.18. The number of benzene rings is 2. The van der Waals surface area contributed by atoms with E-state index < -0.39 is 5.79 Å². The second-order valence-electron chi connectivity index (χ2n) is 6.44. The maximum Gasteiger partial charge on any atom is 0.231 e. The first-order chi connectivity index (χ1) is 11.8. The van der Waals surface area contributed by atoms with E-state index >= 15 is 0 Å². The summed E-state index contributed by atoms with van der Waals surface area (Å²) in [7, 11) is 0. The lowest BCUT2D eigenvalue weighted by molar-refractivity contribution is -0.218. The van der Waals surface area contributed by atoms with Gasteiger partial charge in [0.1, 0.15) is 5.75 Å². The fourth-order valence-electron chi connectivity index (χ4n) is 3.54. The Bertz CT molecular complexity index is 783. The van der Waals surface area contributed by atoms with Crippen molar-refractivity contribution in [2.24, 2.45) is 0 Å². The van der Waals surface area contributed by atoms with Gasteiger partial charge in [0.15, 0.2) is 11.5 Å². The molecule has 5 rings (SSSR count). The summed E-state index contributed by atoms with van der Waals surface area (Å²) < 4.78 is 23.2. The summed E-state index contributed by atoms with van der Waals surface area (Å²) in [6.07, 6.45) is 1.77. The minimum absolute atomic E-state index is 0.293. The zero-order valence-electron chi connectivity index (χ0n) is 13.3. The maximum absolute atomic E-state index is 6.22. The molecule has 24 heavy (non-hydrogen) atoms. The molecular weight excluding hydrogens is 306 g/mol. The Morgan fingerprint density at radius 3 is 2.46 bits per heavy atom. The molecule has 0 amide bonds. The molecule has 3 aliphatic rings. The molecule has 2 aromatic carbocycles. The largest absolute Gasteiger partial charge is 0.462 e. The molecule has 1 spiro atoms. The molecule has 5 heteroatoms. The van der Waals surface area contributed by atoms with E-state index in [-0.39, 0.29) is 0 Å². The molecule has 0 bridgehead atoms. The lowest BCUT2D eigenvalue weighted by Gasteiger charge is -2.41. The van der Waals surface area contributed by atoms with E-state index in [0.717, 1.165) is 59.9 Å². The zero-order chi connectivity index (χ0) is 16.0. The highest BCUT2D eigenvalue weighted by Crippen LogP contribution is 2.40. The van der Waals surface area contributed by atoms with Crippen LogP contribution in [0, 0.1) is 0 Å². The Balaban J connectivity index is 1.45. The van der Waals surface area contributed by atoms with Crippen molar-refractivity contribution in [1.82, 2.24) is 5.32 Å². The summed E-state index contributed by atoms with van der Waals surface area (Å²) in [4.78, 5) is 0. The Labute approximate surface area is 140 Å². The van der Waals surface area contributed by atoms with Crippen LogP contribution in [0.5, 0.6) is 17.2 Å². The van der Waals surface area contributed by atoms with Crippen molar-refractivity contribution in [1.29, 1.82) is 0 Å². The summed E-state index contributed by atoms with van der Waals surface area (Å²) in [5.74, 6) is 2.09. The van der Waals surface area contributed by atoms with Gasteiger partial charge in [-0.1, -0.05) is 12.1 Å². The predicted molar refractivity (Wildman–Crippen MR) is 88.3 cm³/mol. The quantitative estimate of drug-likeness (QED) is 0.873. The van der Waals surface area contributed by atoms with Crippen LogP contribution in [0.2, 0.25) is 0 Å². The van der Waals surface area contributed by atoms with Crippen molar-refractivity contribution in [3.05, 3.63) is 42.0 Å². The predicted octanol–water partition coefficient (Wildman–Crippen LogP) is 3.07. The lowest BCUT2D eigenvalue weighted by atomic mass is 9.99. The van der Waals surface area contributed by atoms with Crippen LogP contribution in [-0.2, 0) is 11.3 Å². The highest BCUT2D eigenvalue weighted by molar-refractivity contribution is 5.69. The van der Waals surface area contributed by atoms with E-state index in [1.807, 2.05) is 18.2 Å².